The van der Waals surface area contributed by atoms with Crippen molar-refractivity contribution in [3.8, 4) is 0 Å². The smallest absolute Gasteiger partial charge is 0.140 e. The summed E-state index contributed by atoms with van der Waals surface area (Å²) in [6.45, 7) is 8.74. The van der Waals surface area contributed by atoms with Gasteiger partial charge in [0.1, 0.15) is 11.6 Å². The molecule has 1 heterocycles. The molecule has 0 unspecified atom stereocenters. The Labute approximate surface area is 122 Å². The molecule has 0 aliphatic rings. The van der Waals surface area contributed by atoms with Gasteiger partial charge in [-0.2, -0.15) is 0 Å². The van der Waals surface area contributed by atoms with Gasteiger partial charge < -0.3 is 5.73 Å². The van der Waals surface area contributed by atoms with Crippen molar-refractivity contribution >= 4 is 40.2 Å². The fraction of sp³-hybridized carbons (Fsp3) is 0.667. The number of rotatable bonds is 4. The average Bonchev–Trinajstić information content (AvgIpc) is 2.21. The highest BCUT2D eigenvalue weighted by atomic mass is 127. The summed E-state index contributed by atoms with van der Waals surface area (Å²) in [5.74, 6) is 2.29. The minimum Gasteiger partial charge on any atom is -0.383 e. The molecule has 0 aromatic carbocycles. The highest BCUT2D eigenvalue weighted by Crippen LogP contribution is 2.27. The second-order valence-corrected chi connectivity index (χ2v) is 7.82. The van der Waals surface area contributed by atoms with E-state index >= 15 is 0 Å². The molecule has 5 heteroatoms. The van der Waals surface area contributed by atoms with Crippen LogP contribution < -0.4 is 5.73 Å². The molecular weight excluding hydrogens is 345 g/mol. The Hall–Kier alpha value is -0.0400. The van der Waals surface area contributed by atoms with Crippen LogP contribution >= 0.6 is 34.4 Å². The number of hydrogen-bond acceptors (Lipinski definition) is 4. The van der Waals surface area contributed by atoms with Gasteiger partial charge in [-0.15, -0.1) is 11.8 Å². The lowest BCUT2D eigenvalue weighted by atomic mass is 10.2. The number of nitrogens with zero attached hydrogens (tertiary/aromatic N) is 2. The van der Waals surface area contributed by atoms with Crippen molar-refractivity contribution < 1.29 is 0 Å². The van der Waals surface area contributed by atoms with E-state index in [-0.39, 0.29) is 4.75 Å². The Kier molecular flexibility index (Phi) is 5.50. The first kappa shape index (κ1) is 15.0. The predicted molar refractivity (Wildman–Crippen MR) is 84.2 cm³/mol. The topological polar surface area (TPSA) is 51.8 Å². The molecular formula is C12H20IN3S. The Balaban J connectivity index is 2.86. The molecule has 2 N–H and O–H groups in total. The molecule has 17 heavy (non-hydrogen) atoms. The van der Waals surface area contributed by atoms with Gasteiger partial charge in [0.15, 0.2) is 0 Å². The Morgan fingerprint density at radius 3 is 2.47 bits per heavy atom. The lowest BCUT2D eigenvalue weighted by Crippen LogP contribution is -2.11. The van der Waals surface area contributed by atoms with E-state index in [4.69, 9.17) is 5.73 Å². The van der Waals surface area contributed by atoms with E-state index < -0.39 is 0 Å². The SMILES string of the molecule is CCCc1nc(CSC(C)(C)C)nc(N)c1I. The van der Waals surface area contributed by atoms with Crippen molar-refractivity contribution in [3.05, 3.63) is 15.1 Å². The third-order valence-corrected chi connectivity index (χ3v) is 4.56. The number of nitrogens with two attached hydrogens (primary N) is 1. The number of hydrogen-bond donors (Lipinski definition) is 1. The number of aromatic nitrogens is 2. The molecule has 3 nitrogen and oxygen atoms in total. The monoisotopic (exact) mass is 365 g/mol. The maximum atomic E-state index is 5.92. The summed E-state index contributed by atoms with van der Waals surface area (Å²) in [7, 11) is 0. The third kappa shape index (κ3) is 4.99. The van der Waals surface area contributed by atoms with E-state index in [0.717, 1.165) is 33.7 Å². The van der Waals surface area contributed by atoms with Gasteiger partial charge in [-0.3, -0.25) is 0 Å². The first-order valence-electron chi connectivity index (χ1n) is 5.78. The van der Waals surface area contributed by atoms with Crippen LogP contribution in [0.15, 0.2) is 0 Å². The van der Waals surface area contributed by atoms with Crippen LogP contribution in [0.3, 0.4) is 0 Å². The fourth-order valence-electron chi connectivity index (χ4n) is 1.31. The van der Waals surface area contributed by atoms with Crippen LogP contribution in [-0.4, -0.2) is 14.7 Å². The largest absolute Gasteiger partial charge is 0.383 e. The first-order chi connectivity index (χ1) is 7.83. The summed E-state index contributed by atoms with van der Waals surface area (Å²) in [4.78, 5) is 8.96. The number of halogens is 1. The fourth-order valence-corrected chi connectivity index (χ4v) is 2.52. The zero-order chi connectivity index (χ0) is 13.1. The van der Waals surface area contributed by atoms with Crippen molar-refractivity contribution in [1.82, 2.24) is 9.97 Å². The summed E-state index contributed by atoms with van der Waals surface area (Å²) in [5.41, 5.74) is 7.01. The quantitative estimate of drug-likeness (QED) is 0.828. The zero-order valence-corrected chi connectivity index (χ0v) is 13.9. The molecule has 0 spiro atoms. The molecule has 1 aromatic heterocycles. The standard InChI is InChI=1S/C12H20IN3S/c1-5-6-8-10(13)11(14)16-9(15-8)7-17-12(2,3)4/h5-7H2,1-4H3,(H2,14,15,16). The molecule has 0 saturated carbocycles. The van der Waals surface area contributed by atoms with Gasteiger partial charge in [-0.25, -0.2) is 9.97 Å². The average molecular weight is 365 g/mol. The molecule has 0 aliphatic heterocycles. The molecule has 1 rings (SSSR count). The Morgan fingerprint density at radius 1 is 1.29 bits per heavy atom. The van der Waals surface area contributed by atoms with Crippen molar-refractivity contribution in [2.24, 2.45) is 0 Å². The maximum absolute atomic E-state index is 5.92. The van der Waals surface area contributed by atoms with Crippen molar-refractivity contribution in [3.63, 3.8) is 0 Å². The van der Waals surface area contributed by atoms with Crippen LogP contribution in [0.4, 0.5) is 5.82 Å². The summed E-state index contributed by atoms with van der Waals surface area (Å²) >= 11 is 4.08. The minimum atomic E-state index is 0.228. The van der Waals surface area contributed by atoms with E-state index in [0.29, 0.717) is 5.82 Å². The second-order valence-electron chi connectivity index (χ2n) is 4.94. The molecule has 0 aliphatic carbocycles. The minimum absolute atomic E-state index is 0.228. The molecule has 0 bridgehead atoms. The van der Waals surface area contributed by atoms with Crippen molar-refractivity contribution in [1.29, 1.82) is 0 Å². The van der Waals surface area contributed by atoms with Gasteiger partial charge in [0.25, 0.3) is 0 Å². The molecule has 0 amide bonds. The molecule has 0 fully saturated rings. The van der Waals surface area contributed by atoms with E-state index in [2.05, 4.69) is 60.3 Å². The van der Waals surface area contributed by atoms with E-state index in [1.807, 2.05) is 11.8 Å². The number of nitrogen functional groups attached to an aromatic ring is 1. The van der Waals surface area contributed by atoms with Crippen LogP contribution in [0, 0.1) is 3.57 Å². The van der Waals surface area contributed by atoms with Crippen LogP contribution in [0.5, 0.6) is 0 Å². The van der Waals surface area contributed by atoms with E-state index in [1.54, 1.807) is 0 Å². The van der Waals surface area contributed by atoms with Crippen LogP contribution in [0.1, 0.15) is 45.6 Å². The molecule has 96 valence electrons. The predicted octanol–water partition coefficient (Wildman–Crippen LogP) is 3.65. The molecule has 0 atom stereocenters. The summed E-state index contributed by atoms with van der Waals surface area (Å²) in [5, 5.41) is 0. The van der Waals surface area contributed by atoms with Gasteiger partial charge in [0, 0.05) is 4.75 Å². The van der Waals surface area contributed by atoms with Gasteiger partial charge in [-0.05, 0) is 29.0 Å². The van der Waals surface area contributed by atoms with Gasteiger partial charge in [-0.1, -0.05) is 34.1 Å². The highest BCUT2D eigenvalue weighted by Gasteiger charge is 2.14. The Bertz CT molecular complexity index is 388. The zero-order valence-electron chi connectivity index (χ0n) is 10.9. The molecule has 1 aromatic rings. The van der Waals surface area contributed by atoms with E-state index in [9.17, 15) is 0 Å². The highest BCUT2D eigenvalue weighted by molar-refractivity contribution is 14.1. The van der Waals surface area contributed by atoms with Gasteiger partial charge in [0.05, 0.1) is 15.0 Å². The normalized spacial score (nSPS) is 11.8. The molecule has 0 saturated heterocycles. The lowest BCUT2D eigenvalue weighted by Gasteiger charge is -2.17. The van der Waals surface area contributed by atoms with E-state index in [1.165, 1.54) is 0 Å². The Morgan fingerprint density at radius 2 is 1.94 bits per heavy atom. The third-order valence-electron chi connectivity index (χ3n) is 2.11. The summed E-state index contributed by atoms with van der Waals surface area (Å²) < 4.78 is 1.24. The number of aryl methyl sites for hydroxylation is 1. The van der Waals surface area contributed by atoms with Gasteiger partial charge >= 0.3 is 0 Å². The molecule has 0 radical (unpaired) electrons. The van der Waals surface area contributed by atoms with Gasteiger partial charge in [0.2, 0.25) is 0 Å². The van der Waals surface area contributed by atoms with Crippen molar-refractivity contribution in [2.45, 2.75) is 51.0 Å². The number of anilines is 1. The summed E-state index contributed by atoms with van der Waals surface area (Å²) in [6, 6.07) is 0. The maximum Gasteiger partial charge on any atom is 0.140 e. The summed E-state index contributed by atoms with van der Waals surface area (Å²) in [6.07, 6.45) is 2.05. The first-order valence-corrected chi connectivity index (χ1v) is 7.84. The lowest BCUT2D eigenvalue weighted by molar-refractivity contribution is 0.797. The second kappa shape index (κ2) is 6.22. The van der Waals surface area contributed by atoms with Crippen LogP contribution in [0.25, 0.3) is 0 Å². The number of thioether (sulfide) groups is 1. The van der Waals surface area contributed by atoms with Crippen molar-refractivity contribution in [2.75, 3.05) is 5.73 Å². The van der Waals surface area contributed by atoms with Crippen LogP contribution in [0.2, 0.25) is 0 Å². The van der Waals surface area contributed by atoms with Crippen LogP contribution in [-0.2, 0) is 12.2 Å².